The molecule has 0 spiro atoms. The summed E-state index contributed by atoms with van der Waals surface area (Å²) in [7, 11) is -9.37. The second-order valence-corrected chi connectivity index (χ2v) is 15.7. The summed E-state index contributed by atoms with van der Waals surface area (Å²) in [5, 5.41) is 18.3. The highest BCUT2D eigenvalue weighted by Gasteiger charge is 2.51. The van der Waals surface area contributed by atoms with E-state index in [-0.39, 0.29) is 42.5 Å². The van der Waals surface area contributed by atoms with E-state index in [1.807, 2.05) is 42.5 Å². The number of amides is 2. The fourth-order valence-electron chi connectivity index (χ4n) is 6.40. The van der Waals surface area contributed by atoms with Crippen LogP contribution in [0.4, 0.5) is 22.1 Å². The SMILES string of the molecule is Cn1c[n+]([C@@H]2O[C@H](COP(=O)(O)OP(=O)(O)O)[C@@H](OC(=O)NCCNC(=O)CCC[n+]3c4cc(N)ccc4cc4ccc(N)cc43)[C@H]2O)c2nc(N)[nH]c(=O)c21. The predicted molar refractivity (Wildman–Crippen MR) is 196 cm³/mol. The van der Waals surface area contributed by atoms with Gasteiger partial charge in [-0.1, -0.05) is 4.98 Å². The van der Waals surface area contributed by atoms with Crippen molar-refractivity contribution < 1.29 is 65.9 Å². The molecule has 1 fully saturated rings. The van der Waals surface area contributed by atoms with Gasteiger partial charge >= 0.3 is 27.4 Å². The zero-order valence-corrected chi connectivity index (χ0v) is 31.3. The highest BCUT2D eigenvalue weighted by atomic mass is 31.3. The molecule has 300 valence electrons. The minimum atomic E-state index is -5.48. The van der Waals surface area contributed by atoms with Crippen LogP contribution in [0.1, 0.15) is 19.1 Å². The Morgan fingerprint density at radius 3 is 2.30 bits per heavy atom. The molecule has 3 aromatic heterocycles. The monoisotopic (exact) mass is 822 g/mol. The number of aryl methyl sites for hydroxylation is 2. The number of anilines is 3. The molecule has 0 aliphatic carbocycles. The first-order valence-corrected chi connectivity index (χ1v) is 19.9. The Labute approximate surface area is 315 Å². The number of alkyl carbamates (subject to hydrolysis) is 1. The van der Waals surface area contributed by atoms with Crippen LogP contribution in [0.5, 0.6) is 0 Å². The van der Waals surface area contributed by atoms with E-state index in [4.69, 9.17) is 36.5 Å². The first kappa shape index (κ1) is 40.4. The molecule has 0 radical (unpaired) electrons. The summed E-state index contributed by atoms with van der Waals surface area (Å²) in [4.78, 5) is 72.3. The molecule has 5 aromatic rings. The third-order valence-corrected chi connectivity index (χ3v) is 10.9. The second-order valence-electron chi connectivity index (χ2n) is 12.8. The van der Waals surface area contributed by atoms with Gasteiger partial charge in [0.15, 0.2) is 18.5 Å². The molecule has 25 heteroatoms. The zero-order chi connectivity index (χ0) is 40.5. The number of nitrogens with one attached hydrogen (secondary N) is 3. The number of aliphatic hydroxyl groups excluding tert-OH is 1. The van der Waals surface area contributed by atoms with Crippen molar-refractivity contribution >= 4 is 77.9 Å². The highest BCUT2D eigenvalue weighted by Crippen LogP contribution is 2.57. The Morgan fingerprint density at radius 2 is 1.66 bits per heavy atom. The van der Waals surface area contributed by atoms with E-state index >= 15 is 0 Å². The molecule has 56 heavy (non-hydrogen) atoms. The lowest BCUT2D eigenvalue weighted by Gasteiger charge is -2.21. The van der Waals surface area contributed by atoms with Gasteiger partial charge in [0, 0.05) is 60.2 Å². The summed E-state index contributed by atoms with van der Waals surface area (Å²) in [5.74, 6) is -0.561. The van der Waals surface area contributed by atoms with Gasteiger partial charge in [0.25, 0.3) is 11.5 Å². The molecule has 0 bridgehead atoms. The molecular weight excluding hydrogens is 782 g/mol. The van der Waals surface area contributed by atoms with Crippen LogP contribution in [-0.4, -0.2) is 84.3 Å². The number of nitrogens with two attached hydrogens (primary N) is 3. The highest BCUT2D eigenvalue weighted by molar-refractivity contribution is 7.60. The topological polar surface area (TPSA) is 347 Å². The molecular formula is C31H40N10O13P2+2. The van der Waals surface area contributed by atoms with Gasteiger partial charge in [-0.05, 0) is 30.3 Å². The lowest BCUT2D eigenvalue weighted by molar-refractivity contribution is -0.745. The molecule has 2 amide bonds. The molecule has 2 aromatic carbocycles. The van der Waals surface area contributed by atoms with Crippen molar-refractivity contribution in [3.63, 3.8) is 0 Å². The normalized spacial score (nSPS) is 19.7. The van der Waals surface area contributed by atoms with Crippen LogP contribution in [0.3, 0.4) is 0 Å². The molecule has 23 nitrogen and oxygen atoms in total. The van der Waals surface area contributed by atoms with Crippen LogP contribution in [-0.2, 0) is 45.8 Å². The zero-order valence-electron chi connectivity index (χ0n) is 29.5. The summed E-state index contributed by atoms with van der Waals surface area (Å²) in [6, 6.07) is 13.2. The van der Waals surface area contributed by atoms with E-state index in [1.165, 1.54) is 22.5 Å². The number of nitrogens with zero attached hydrogens (tertiary/aromatic N) is 4. The van der Waals surface area contributed by atoms with Crippen molar-refractivity contribution in [2.75, 3.05) is 36.9 Å². The van der Waals surface area contributed by atoms with Crippen molar-refractivity contribution in [1.82, 2.24) is 25.2 Å². The van der Waals surface area contributed by atoms with Crippen LogP contribution in [0, 0.1) is 0 Å². The standard InChI is InChI=1S/C31H38N10O13P2/c1-39-15-41(27-24(39)28(44)38-30(34)37-27)29-25(43)26(22(52-29)14-51-56(49,50)54-55(46,47)48)53-31(45)36-9-8-35-23(42)3-2-10-40-20-12-18(32)6-4-16(20)11-17-5-7-19(33)13-21(17)40/h4-7,11-13,15,22,25-26,29,43H,2-3,8-10,14H2,1H3,(H10-,32,33,34,35,36,37,38,42,44,45,46,47,48,49,50)/p+2/t22-,25-,26-,29-/m1/s1. The maximum absolute atomic E-state index is 12.9. The lowest BCUT2D eigenvalue weighted by Crippen LogP contribution is -2.47. The summed E-state index contributed by atoms with van der Waals surface area (Å²) >= 11 is 0. The average Bonchev–Trinajstić information content (AvgIpc) is 3.59. The van der Waals surface area contributed by atoms with Gasteiger partial charge < -0.3 is 57.1 Å². The Balaban J connectivity index is 1.06. The molecule has 5 atom stereocenters. The summed E-state index contributed by atoms with van der Waals surface area (Å²) in [5.41, 5.74) is 20.1. The number of H-pyrrole nitrogens is 1. The van der Waals surface area contributed by atoms with Crippen LogP contribution in [0.2, 0.25) is 0 Å². The van der Waals surface area contributed by atoms with Gasteiger partial charge in [0.2, 0.25) is 28.7 Å². The minimum absolute atomic E-state index is 0.00880. The predicted octanol–water partition coefficient (Wildman–Crippen LogP) is -0.934. The van der Waals surface area contributed by atoms with Gasteiger partial charge in [0.05, 0.1) is 13.7 Å². The van der Waals surface area contributed by atoms with Crippen LogP contribution in [0.15, 0.2) is 53.6 Å². The molecule has 1 saturated heterocycles. The average molecular weight is 823 g/mol. The van der Waals surface area contributed by atoms with E-state index in [0.717, 1.165) is 21.8 Å². The van der Waals surface area contributed by atoms with Crippen molar-refractivity contribution in [3.05, 3.63) is 59.1 Å². The first-order chi connectivity index (χ1) is 26.4. The quantitative estimate of drug-likeness (QED) is 0.0212. The van der Waals surface area contributed by atoms with Gasteiger partial charge in [-0.15, -0.1) is 0 Å². The Kier molecular flexibility index (Phi) is 11.6. The Hall–Kier alpha value is -5.22. The van der Waals surface area contributed by atoms with E-state index < -0.39 is 58.4 Å². The van der Waals surface area contributed by atoms with Gasteiger partial charge in [-0.25, -0.2) is 18.5 Å². The second kappa shape index (κ2) is 16.1. The molecule has 4 heterocycles. The summed E-state index contributed by atoms with van der Waals surface area (Å²) in [6.07, 6.45) is -5.56. The molecule has 13 N–H and O–H groups in total. The van der Waals surface area contributed by atoms with E-state index in [1.54, 1.807) is 0 Å². The Morgan fingerprint density at radius 1 is 1.02 bits per heavy atom. The number of hydrogen-bond acceptors (Lipinski definition) is 14. The largest absolute Gasteiger partial charge is 0.481 e. The molecule has 6 rings (SSSR count). The number of carbonyl (C=O) groups is 2. The number of aliphatic hydroxyl groups is 1. The number of carbonyl (C=O) groups excluding carboxylic acids is 2. The molecule has 1 aliphatic heterocycles. The first-order valence-electron chi connectivity index (χ1n) is 16.9. The number of phosphoric ester groups is 1. The number of ether oxygens (including phenoxy) is 2. The number of phosphoric acid groups is 2. The number of aromatic nitrogens is 5. The fourth-order valence-corrected chi connectivity index (χ4v) is 8.00. The van der Waals surface area contributed by atoms with Gasteiger partial charge in [-0.3, -0.25) is 23.7 Å². The number of hydrogen-bond donors (Lipinski definition) is 10. The maximum Gasteiger partial charge on any atom is 0.481 e. The van der Waals surface area contributed by atoms with Crippen molar-refractivity contribution in [1.29, 1.82) is 0 Å². The third-order valence-electron chi connectivity index (χ3n) is 8.73. The molecule has 0 saturated carbocycles. The number of pyridine rings is 1. The van der Waals surface area contributed by atoms with E-state index in [2.05, 4.69) is 34.0 Å². The van der Waals surface area contributed by atoms with Gasteiger partial charge in [-0.2, -0.15) is 8.88 Å². The number of benzene rings is 2. The number of nitrogen functional groups attached to an aromatic ring is 3. The maximum atomic E-state index is 12.9. The van der Waals surface area contributed by atoms with Crippen LogP contribution >= 0.6 is 15.6 Å². The molecule has 1 aliphatic rings. The van der Waals surface area contributed by atoms with Gasteiger partial charge in [0.1, 0.15) is 12.6 Å². The van der Waals surface area contributed by atoms with E-state index in [0.29, 0.717) is 24.3 Å². The molecule has 1 unspecified atom stereocenters. The lowest BCUT2D eigenvalue weighted by atomic mass is 10.1. The minimum Gasteiger partial charge on any atom is -0.440 e. The van der Waals surface area contributed by atoms with Crippen molar-refractivity contribution in [3.8, 4) is 0 Å². The van der Waals surface area contributed by atoms with E-state index in [9.17, 15) is 33.5 Å². The third kappa shape index (κ3) is 9.24. The number of imidazole rings is 1. The fraction of sp³-hybridized carbons (Fsp3) is 0.355. The smallest absolute Gasteiger partial charge is 0.440 e. The van der Waals surface area contributed by atoms with Crippen LogP contribution < -0.4 is 42.5 Å². The Bertz CT molecular complexity index is 2410. The summed E-state index contributed by atoms with van der Waals surface area (Å²) < 4.78 is 47.6. The number of aromatic amines is 1. The van der Waals surface area contributed by atoms with Crippen molar-refractivity contribution in [2.24, 2.45) is 7.05 Å². The number of fused-ring (bicyclic) bond motifs is 3. The van der Waals surface area contributed by atoms with Crippen molar-refractivity contribution in [2.45, 2.75) is 43.9 Å². The van der Waals surface area contributed by atoms with Crippen LogP contribution in [0.25, 0.3) is 33.0 Å². The number of rotatable bonds is 14. The summed E-state index contributed by atoms with van der Waals surface area (Å²) in [6.45, 7) is -0.633.